The van der Waals surface area contributed by atoms with Crippen molar-refractivity contribution in [2.75, 3.05) is 18.8 Å². The number of aryl methyl sites for hydroxylation is 1. The lowest BCUT2D eigenvalue weighted by molar-refractivity contribution is -0.119. The molecular formula is C25H30N2O4S. The van der Waals surface area contributed by atoms with Crippen molar-refractivity contribution in [1.29, 1.82) is 0 Å². The highest BCUT2D eigenvalue weighted by atomic mass is 32.2. The maximum atomic E-state index is 12.7. The molecule has 0 bridgehead atoms. The number of amides is 2. The summed E-state index contributed by atoms with van der Waals surface area (Å²) in [6, 6.07) is 14.6. The molecule has 7 heteroatoms. The Morgan fingerprint density at radius 3 is 2.56 bits per heavy atom. The van der Waals surface area contributed by atoms with Crippen LogP contribution in [0.25, 0.3) is 0 Å². The molecule has 1 atom stereocenters. The summed E-state index contributed by atoms with van der Waals surface area (Å²) in [6.07, 6.45) is 5.89. The number of piperidine rings is 1. The highest BCUT2D eigenvalue weighted by Gasteiger charge is 2.25. The van der Waals surface area contributed by atoms with Crippen LogP contribution in [0.5, 0.6) is 0 Å². The molecule has 6 nitrogen and oxygen atoms in total. The van der Waals surface area contributed by atoms with E-state index in [1.807, 2.05) is 23.1 Å². The highest BCUT2D eigenvalue weighted by Crippen LogP contribution is 2.29. The van der Waals surface area contributed by atoms with Crippen LogP contribution in [0.15, 0.2) is 48.5 Å². The first-order valence-electron chi connectivity index (χ1n) is 11.4. The van der Waals surface area contributed by atoms with Crippen LogP contribution in [0, 0.1) is 0 Å². The number of rotatable bonds is 6. The minimum atomic E-state index is -3.67. The summed E-state index contributed by atoms with van der Waals surface area (Å²) >= 11 is 0. The summed E-state index contributed by atoms with van der Waals surface area (Å²) in [5.74, 6) is -1.36. The van der Waals surface area contributed by atoms with E-state index in [1.54, 1.807) is 24.3 Å². The van der Waals surface area contributed by atoms with Crippen molar-refractivity contribution in [1.82, 2.24) is 10.2 Å². The fourth-order valence-corrected chi connectivity index (χ4v) is 5.99. The Labute approximate surface area is 189 Å². The van der Waals surface area contributed by atoms with Crippen LogP contribution in [0.2, 0.25) is 0 Å². The van der Waals surface area contributed by atoms with E-state index >= 15 is 0 Å². The second kappa shape index (κ2) is 9.86. The van der Waals surface area contributed by atoms with E-state index in [-0.39, 0.29) is 17.7 Å². The fraction of sp³-hybridized carbons (Fsp3) is 0.440. The van der Waals surface area contributed by atoms with Crippen LogP contribution >= 0.6 is 0 Å². The van der Waals surface area contributed by atoms with Crippen molar-refractivity contribution in [3.8, 4) is 0 Å². The zero-order valence-corrected chi connectivity index (χ0v) is 19.1. The molecule has 0 spiro atoms. The molecule has 170 valence electrons. The van der Waals surface area contributed by atoms with Crippen LogP contribution in [-0.2, 0) is 26.8 Å². The lowest BCUT2D eigenvalue weighted by Crippen LogP contribution is -2.36. The first-order chi connectivity index (χ1) is 15.4. The number of benzene rings is 2. The molecule has 2 aromatic rings. The lowest BCUT2D eigenvalue weighted by Gasteiger charge is -2.27. The van der Waals surface area contributed by atoms with Crippen LogP contribution in [0.4, 0.5) is 0 Å². The van der Waals surface area contributed by atoms with Gasteiger partial charge in [-0.05, 0) is 67.3 Å². The minimum Gasteiger partial charge on any atom is -0.348 e. The Kier molecular flexibility index (Phi) is 6.94. The Hall–Kier alpha value is -2.67. The topological polar surface area (TPSA) is 83.5 Å². The number of hydrogen-bond acceptors (Lipinski definition) is 4. The van der Waals surface area contributed by atoms with Crippen molar-refractivity contribution in [3.63, 3.8) is 0 Å². The standard InChI is InChI=1S/C25H30N2O4S/c28-24(26-23-13-7-10-20-9-2-3-12-22(20)23)18-32(30,31)17-19-8-6-11-21(16-19)25(29)27-14-4-1-5-15-27/h2-3,6,8-9,11-12,16,23H,1,4-5,7,10,13-15,17-18H2,(H,26,28). The molecule has 4 rings (SSSR count). The second-order valence-corrected chi connectivity index (χ2v) is 10.9. The molecule has 0 radical (unpaired) electrons. The van der Waals surface area contributed by atoms with E-state index in [4.69, 9.17) is 0 Å². The number of carbonyl (C=O) groups is 2. The molecule has 1 fully saturated rings. The van der Waals surface area contributed by atoms with Gasteiger partial charge in [0.25, 0.3) is 5.91 Å². The molecule has 32 heavy (non-hydrogen) atoms. The zero-order chi connectivity index (χ0) is 22.6. The Balaban J connectivity index is 1.38. The van der Waals surface area contributed by atoms with E-state index in [2.05, 4.69) is 11.4 Å². The summed E-state index contributed by atoms with van der Waals surface area (Å²) in [5.41, 5.74) is 3.32. The maximum absolute atomic E-state index is 12.7. The Morgan fingerprint density at radius 1 is 0.969 bits per heavy atom. The molecule has 1 N–H and O–H groups in total. The number of nitrogens with one attached hydrogen (secondary N) is 1. The average molecular weight is 455 g/mol. The quantitative estimate of drug-likeness (QED) is 0.725. The third-order valence-electron chi connectivity index (χ3n) is 6.26. The van der Waals surface area contributed by atoms with Crippen molar-refractivity contribution in [3.05, 3.63) is 70.8 Å². The largest absolute Gasteiger partial charge is 0.348 e. The first kappa shape index (κ1) is 22.5. The number of carbonyl (C=O) groups excluding carboxylic acids is 2. The molecule has 1 saturated heterocycles. The SMILES string of the molecule is O=C(CS(=O)(=O)Cc1cccc(C(=O)N2CCCCC2)c1)NC1CCCc2ccccc21. The van der Waals surface area contributed by atoms with Gasteiger partial charge in [-0.1, -0.05) is 36.4 Å². The molecule has 0 aromatic heterocycles. The van der Waals surface area contributed by atoms with Gasteiger partial charge in [0.1, 0.15) is 5.75 Å². The molecule has 1 unspecified atom stereocenters. The van der Waals surface area contributed by atoms with E-state index in [1.165, 1.54) is 5.56 Å². The highest BCUT2D eigenvalue weighted by molar-refractivity contribution is 7.91. The molecule has 2 amide bonds. The van der Waals surface area contributed by atoms with Gasteiger partial charge in [-0.2, -0.15) is 0 Å². The maximum Gasteiger partial charge on any atom is 0.253 e. The molecule has 1 aliphatic carbocycles. The number of nitrogens with zero attached hydrogens (tertiary/aromatic N) is 1. The molecule has 2 aromatic carbocycles. The third kappa shape index (κ3) is 5.57. The summed E-state index contributed by atoms with van der Waals surface area (Å²) in [6.45, 7) is 1.48. The summed E-state index contributed by atoms with van der Waals surface area (Å²) in [4.78, 5) is 27.1. The van der Waals surface area contributed by atoms with Crippen LogP contribution in [0.1, 0.15) is 65.2 Å². The van der Waals surface area contributed by atoms with Crippen molar-refractivity contribution in [2.45, 2.75) is 50.3 Å². The van der Waals surface area contributed by atoms with Gasteiger partial charge >= 0.3 is 0 Å². The molecule has 1 heterocycles. The Morgan fingerprint density at radius 2 is 1.75 bits per heavy atom. The average Bonchev–Trinajstić information content (AvgIpc) is 2.79. The number of hydrogen-bond donors (Lipinski definition) is 1. The smallest absolute Gasteiger partial charge is 0.253 e. The van der Waals surface area contributed by atoms with Crippen LogP contribution < -0.4 is 5.32 Å². The first-order valence-corrected chi connectivity index (χ1v) is 13.2. The van der Waals surface area contributed by atoms with Gasteiger partial charge in [0, 0.05) is 18.7 Å². The van der Waals surface area contributed by atoms with E-state index in [9.17, 15) is 18.0 Å². The van der Waals surface area contributed by atoms with Gasteiger partial charge < -0.3 is 10.2 Å². The third-order valence-corrected chi connectivity index (χ3v) is 7.73. The molecule has 0 saturated carbocycles. The number of likely N-dealkylation sites (tertiary alicyclic amines) is 1. The van der Waals surface area contributed by atoms with Crippen LogP contribution in [0.3, 0.4) is 0 Å². The van der Waals surface area contributed by atoms with Gasteiger partial charge in [0.2, 0.25) is 5.91 Å². The summed E-state index contributed by atoms with van der Waals surface area (Å²) in [7, 11) is -3.67. The lowest BCUT2D eigenvalue weighted by atomic mass is 9.88. The van der Waals surface area contributed by atoms with Crippen molar-refractivity contribution >= 4 is 21.7 Å². The van der Waals surface area contributed by atoms with Crippen molar-refractivity contribution in [2.24, 2.45) is 0 Å². The Bertz CT molecular complexity index is 1090. The molecule has 1 aliphatic heterocycles. The number of fused-ring (bicyclic) bond motifs is 1. The van der Waals surface area contributed by atoms with Crippen molar-refractivity contribution < 1.29 is 18.0 Å². The molecular weight excluding hydrogens is 424 g/mol. The van der Waals surface area contributed by atoms with E-state index in [0.29, 0.717) is 11.1 Å². The summed E-state index contributed by atoms with van der Waals surface area (Å²) < 4.78 is 25.4. The molecule has 2 aliphatic rings. The minimum absolute atomic E-state index is 0.0577. The van der Waals surface area contributed by atoms with Crippen LogP contribution in [-0.4, -0.2) is 44.0 Å². The van der Waals surface area contributed by atoms with Gasteiger partial charge in [-0.3, -0.25) is 9.59 Å². The fourth-order valence-electron chi connectivity index (χ4n) is 4.72. The van der Waals surface area contributed by atoms with Gasteiger partial charge in [-0.25, -0.2) is 8.42 Å². The normalized spacial score (nSPS) is 18.6. The predicted molar refractivity (Wildman–Crippen MR) is 124 cm³/mol. The van der Waals surface area contributed by atoms with Gasteiger partial charge in [0.15, 0.2) is 9.84 Å². The summed E-state index contributed by atoms with van der Waals surface area (Å²) in [5, 5.41) is 2.91. The van der Waals surface area contributed by atoms with Gasteiger partial charge in [0.05, 0.1) is 11.8 Å². The number of sulfone groups is 1. The predicted octanol–water partition coefficient (Wildman–Crippen LogP) is 3.42. The van der Waals surface area contributed by atoms with E-state index < -0.39 is 21.5 Å². The second-order valence-electron chi connectivity index (χ2n) is 8.80. The van der Waals surface area contributed by atoms with E-state index in [0.717, 1.165) is 57.2 Å². The van der Waals surface area contributed by atoms with Gasteiger partial charge in [-0.15, -0.1) is 0 Å². The monoisotopic (exact) mass is 454 g/mol. The zero-order valence-electron chi connectivity index (χ0n) is 18.3.